The van der Waals surface area contributed by atoms with Crippen LogP contribution in [-0.4, -0.2) is 60.6 Å². The Hall–Kier alpha value is -0.0400. The van der Waals surface area contributed by atoms with Crippen LogP contribution < -0.4 is 5.32 Å². The molecule has 0 aromatic rings. The van der Waals surface area contributed by atoms with E-state index in [1.165, 1.54) is 38.9 Å². The largest absolute Gasteiger partial charge is 0.356 e. The van der Waals surface area contributed by atoms with Crippen LogP contribution in [0.25, 0.3) is 0 Å². The molecule has 2 rings (SSSR count). The summed E-state index contributed by atoms with van der Waals surface area (Å²) >= 11 is 0. The van der Waals surface area contributed by atoms with Crippen LogP contribution in [0.3, 0.4) is 0 Å². The van der Waals surface area contributed by atoms with Crippen molar-refractivity contribution < 1.29 is 0 Å². The van der Waals surface area contributed by atoms with Crippen molar-refractivity contribution in [1.29, 1.82) is 0 Å². The molecule has 2 heterocycles. The zero-order valence-electron chi connectivity index (χ0n) is 16.7. The molecule has 0 aliphatic carbocycles. The molecule has 2 aliphatic heterocycles. The van der Waals surface area contributed by atoms with Gasteiger partial charge in [-0.25, -0.2) is 0 Å². The Morgan fingerprint density at radius 1 is 1.12 bits per heavy atom. The zero-order valence-corrected chi connectivity index (χ0v) is 19.0. The van der Waals surface area contributed by atoms with E-state index in [2.05, 4.69) is 56.7 Å². The number of likely N-dealkylation sites (tertiary alicyclic amines) is 2. The fourth-order valence-electron chi connectivity index (χ4n) is 3.72. The van der Waals surface area contributed by atoms with Gasteiger partial charge in [-0.15, -0.1) is 24.0 Å². The van der Waals surface area contributed by atoms with E-state index in [1.54, 1.807) is 0 Å². The van der Waals surface area contributed by atoms with E-state index < -0.39 is 0 Å². The van der Waals surface area contributed by atoms with E-state index in [4.69, 9.17) is 4.99 Å². The lowest BCUT2D eigenvalue weighted by Crippen LogP contribution is -2.72. The van der Waals surface area contributed by atoms with Crippen molar-refractivity contribution in [2.24, 2.45) is 16.3 Å². The predicted molar refractivity (Wildman–Crippen MR) is 115 cm³/mol. The first-order chi connectivity index (χ1) is 10.8. The topological polar surface area (TPSA) is 30.9 Å². The summed E-state index contributed by atoms with van der Waals surface area (Å²) in [4.78, 5) is 10.1. The molecule has 1 N–H and O–H groups in total. The van der Waals surface area contributed by atoms with Crippen LogP contribution in [0.5, 0.6) is 0 Å². The Balaban J connectivity index is 0.00000288. The lowest BCUT2D eigenvalue weighted by atomic mass is 9.65. The van der Waals surface area contributed by atoms with Gasteiger partial charge in [0.05, 0.1) is 0 Å². The number of rotatable bonds is 5. The number of guanidine groups is 1. The third-order valence-corrected chi connectivity index (χ3v) is 6.22. The molecule has 0 aromatic carbocycles. The molecule has 24 heavy (non-hydrogen) atoms. The molecule has 2 saturated heterocycles. The minimum absolute atomic E-state index is 0. The molecule has 0 aromatic heterocycles. The van der Waals surface area contributed by atoms with E-state index in [9.17, 15) is 0 Å². The second-order valence-corrected chi connectivity index (χ2v) is 8.51. The molecule has 0 radical (unpaired) electrons. The van der Waals surface area contributed by atoms with E-state index in [0.717, 1.165) is 31.5 Å². The van der Waals surface area contributed by atoms with E-state index in [-0.39, 0.29) is 29.5 Å². The second-order valence-electron chi connectivity index (χ2n) is 8.51. The first-order valence-electron chi connectivity index (χ1n) is 9.60. The second kappa shape index (κ2) is 9.06. The first kappa shape index (κ1) is 22.0. The number of aliphatic imine (C=N–C) groups is 1. The molecule has 4 nitrogen and oxygen atoms in total. The molecular weight excluding hydrogens is 411 g/mol. The van der Waals surface area contributed by atoms with Crippen LogP contribution in [0.4, 0.5) is 0 Å². The fraction of sp³-hybridized carbons (Fsp3) is 0.947. The minimum Gasteiger partial charge on any atom is -0.356 e. The highest BCUT2D eigenvalue weighted by Gasteiger charge is 2.53. The van der Waals surface area contributed by atoms with Crippen LogP contribution in [0, 0.1) is 11.3 Å². The van der Waals surface area contributed by atoms with Gasteiger partial charge in [-0.2, -0.15) is 0 Å². The summed E-state index contributed by atoms with van der Waals surface area (Å²) in [6, 6.07) is 0. The molecule has 0 bridgehead atoms. The van der Waals surface area contributed by atoms with Crippen molar-refractivity contribution in [3.8, 4) is 0 Å². The summed E-state index contributed by atoms with van der Waals surface area (Å²) < 4.78 is 0. The molecule has 0 unspecified atom stereocenters. The fourth-order valence-corrected chi connectivity index (χ4v) is 3.72. The maximum atomic E-state index is 5.00. The van der Waals surface area contributed by atoms with Gasteiger partial charge in [-0.3, -0.25) is 4.99 Å². The number of piperidine rings is 1. The van der Waals surface area contributed by atoms with Crippen LogP contribution in [0.1, 0.15) is 60.8 Å². The highest BCUT2D eigenvalue weighted by Crippen LogP contribution is 2.46. The highest BCUT2D eigenvalue weighted by atomic mass is 127. The average molecular weight is 450 g/mol. The summed E-state index contributed by atoms with van der Waals surface area (Å²) in [6.45, 7) is 20.6. The van der Waals surface area contributed by atoms with Gasteiger partial charge >= 0.3 is 0 Å². The van der Waals surface area contributed by atoms with Crippen molar-refractivity contribution in [1.82, 2.24) is 15.1 Å². The SMILES string of the molecule is CCCN1CCC(CN=C(NCC)N2CC(C)(C)C2(C)C)CC1.I. The standard InChI is InChI=1S/C19H38N4.HI/c1-7-11-22-12-9-16(10-13-22)14-21-17(20-8-2)23-15-18(3,4)19(23,5)6;/h16H,7-15H2,1-6H3,(H,20,21);1H. The maximum absolute atomic E-state index is 5.00. The molecule has 2 aliphatic rings. The summed E-state index contributed by atoms with van der Waals surface area (Å²) in [5.41, 5.74) is 0.535. The Bertz CT molecular complexity index is 412. The van der Waals surface area contributed by atoms with Gasteiger partial charge in [0.2, 0.25) is 0 Å². The van der Waals surface area contributed by atoms with Gasteiger partial charge in [0.15, 0.2) is 5.96 Å². The summed E-state index contributed by atoms with van der Waals surface area (Å²) in [6.07, 6.45) is 3.88. The molecule has 5 heteroatoms. The number of nitrogens with one attached hydrogen (secondary N) is 1. The summed E-state index contributed by atoms with van der Waals surface area (Å²) in [5, 5.41) is 3.51. The quantitative estimate of drug-likeness (QED) is 0.393. The van der Waals surface area contributed by atoms with Gasteiger partial charge < -0.3 is 15.1 Å². The molecule has 142 valence electrons. The van der Waals surface area contributed by atoms with Crippen molar-refractivity contribution in [2.75, 3.05) is 39.3 Å². The van der Waals surface area contributed by atoms with Gasteiger partial charge in [0.25, 0.3) is 0 Å². The van der Waals surface area contributed by atoms with Crippen LogP contribution in [0.2, 0.25) is 0 Å². The summed E-state index contributed by atoms with van der Waals surface area (Å²) in [7, 11) is 0. The van der Waals surface area contributed by atoms with Crippen LogP contribution in [-0.2, 0) is 0 Å². The predicted octanol–water partition coefficient (Wildman–Crippen LogP) is 3.81. The molecule has 0 saturated carbocycles. The molecule has 0 amide bonds. The number of halogens is 1. The number of hydrogen-bond acceptors (Lipinski definition) is 2. The first-order valence-corrected chi connectivity index (χ1v) is 9.60. The Kier molecular flexibility index (Phi) is 8.30. The lowest BCUT2D eigenvalue weighted by Gasteiger charge is -2.62. The zero-order chi connectivity index (χ0) is 17.1. The maximum Gasteiger partial charge on any atom is 0.194 e. The van der Waals surface area contributed by atoms with Gasteiger partial charge in [0.1, 0.15) is 0 Å². The van der Waals surface area contributed by atoms with Crippen molar-refractivity contribution in [3.63, 3.8) is 0 Å². The molecule has 2 fully saturated rings. The van der Waals surface area contributed by atoms with Gasteiger partial charge in [-0.1, -0.05) is 20.8 Å². The van der Waals surface area contributed by atoms with E-state index in [1.807, 2.05) is 0 Å². The highest BCUT2D eigenvalue weighted by molar-refractivity contribution is 14.0. The van der Waals surface area contributed by atoms with Crippen molar-refractivity contribution in [2.45, 2.75) is 66.3 Å². The third kappa shape index (κ3) is 4.77. The van der Waals surface area contributed by atoms with Crippen molar-refractivity contribution in [3.05, 3.63) is 0 Å². The van der Waals surface area contributed by atoms with Crippen LogP contribution >= 0.6 is 24.0 Å². The Morgan fingerprint density at radius 2 is 1.75 bits per heavy atom. The van der Waals surface area contributed by atoms with E-state index >= 15 is 0 Å². The van der Waals surface area contributed by atoms with Crippen molar-refractivity contribution >= 4 is 29.9 Å². The Morgan fingerprint density at radius 3 is 2.21 bits per heavy atom. The number of nitrogens with zero attached hydrogens (tertiary/aromatic N) is 3. The normalized spacial score (nSPS) is 24.2. The average Bonchev–Trinajstić information content (AvgIpc) is 2.51. The monoisotopic (exact) mass is 450 g/mol. The van der Waals surface area contributed by atoms with Gasteiger partial charge in [-0.05, 0) is 65.6 Å². The lowest BCUT2D eigenvalue weighted by molar-refractivity contribution is -0.0668. The van der Waals surface area contributed by atoms with Gasteiger partial charge in [0, 0.05) is 30.6 Å². The van der Waals surface area contributed by atoms with E-state index in [0.29, 0.717) is 5.41 Å². The molecule has 0 spiro atoms. The third-order valence-electron chi connectivity index (χ3n) is 6.22. The smallest absolute Gasteiger partial charge is 0.194 e. The van der Waals surface area contributed by atoms with Crippen LogP contribution in [0.15, 0.2) is 4.99 Å². The molecular formula is C19H39IN4. The Labute approximate surface area is 166 Å². The molecule has 0 atom stereocenters. The number of hydrogen-bond donors (Lipinski definition) is 1. The summed E-state index contributed by atoms with van der Waals surface area (Å²) in [5.74, 6) is 1.88. The minimum atomic E-state index is 0.